The van der Waals surface area contributed by atoms with Crippen molar-refractivity contribution >= 4 is 5.91 Å². The Kier molecular flexibility index (Phi) is 5.42. The van der Waals surface area contributed by atoms with Gasteiger partial charge in [-0.05, 0) is 25.0 Å². The Morgan fingerprint density at radius 3 is 2.88 bits per heavy atom. The summed E-state index contributed by atoms with van der Waals surface area (Å²) < 4.78 is 23.8. The molecule has 2 aromatic rings. The van der Waals surface area contributed by atoms with Gasteiger partial charge in [-0.2, -0.15) is 0 Å². The number of amides is 1. The highest BCUT2D eigenvalue weighted by atomic mass is 19.1. The fourth-order valence-electron chi connectivity index (χ4n) is 2.87. The average molecular weight is 345 g/mol. The smallest absolute Gasteiger partial charge is 0.316 e. The number of benzene rings is 1. The number of ether oxygens (including phenoxy) is 2. The van der Waals surface area contributed by atoms with Crippen molar-refractivity contribution in [1.82, 2.24) is 14.9 Å². The molecule has 1 amide bonds. The van der Waals surface area contributed by atoms with E-state index in [0.717, 1.165) is 12.8 Å². The van der Waals surface area contributed by atoms with Crippen LogP contribution in [0.3, 0.4) is 0 Å². The van der Waals surface area contributed by atoms with Gasteiger partial charge in [-0.1, -0.05) is 6.07 Å². The molecule has 1 fully saturated rings. The lowest BCUT2D eigenvalue weighted by Crippen LogP contribution is -2.41. The van der Waals surface area contributed by atoms with Gasteiger partial charge in [0.1, 0.15) is 11.6 Å². The Morgan fingerprint density at radius 1 is 1.36 bits per heavy atom. The van der Waals surface area contributed by atoms with E-state index in [0.29, 0.717) is 31.0 Å². The van der Waals surface area contributed by atoms with Crippen molar-refractivity contribution in [3.63, 3.8) is 0 Å². The molecule has 1 atom stereocenters. The van der Waals surface area contributed by atoms with E-state index in [1.165, 1.54) is 31.6 Å². The van der Waals surface area contributed by atoms with Gasteiger partial charge in [0, 0.05) is 37.5 Å². The molecule has 6 nitrogen and oxygen atoms in total. The van der Waals surface area contributed by atoms with E-state index in [-0.39, 0.29) is 23.7 Å². The van der Waals surface area contributed by atoms with Gasteiger partial charge in [-0.3, -0.25) is 4.79 Å². The molecule has 1 unspecified atom stereocenters. The molecule has 1 aromatic heterocycles. The van der Waals surface area contributed by atoms with Crippen LogP contribution in [0.25, 0.3) is 0 Å². The lowest BCUT2D eigenvalue weighted by Gasteiger charge is -2.32. The maximum absolute atomic E-state index is 13.2. The maximum Gasteiger partial charge on any atom is 0.316 e. The van der Waals surface area contributed by atoms with Crippen molar-refractivity contribution in [1.29, 1.82) is 0 Å². The Bertz CT molecular complexity index is 724. The molecule has 132 valence electrons. The molecule has 0 spiro atoms. The number of halogens is 1. The van der Waals surface area contributed by atoms with E-state index in [9.17, 15) is 9.18 Å². The van der Waals surface area contributed by atoms with Gasteiger partial charge >= 0.3 is 6.01 Å². The van der Waals surface area contributed by atoms with Crippen LogP contribution in [0.5, 0.6) is 11.8 Å². The zero-order valence-corrected chi connectivity index (χ0v) is 14.0. The van der Waals surface area contributed by atoms with E-state index in [4.69, 9.17) is 9.47 Å². The summed E-state index contributed by atoms with van der Waals surface area (Å²) in [6, 6.07) is 6.32. The number of aromatic nitrogens is 2. The third-order valence-electron chi connectivity index (χ3n) is 4.15. The summed E-state index contributed by atoms with van der Waals surface area (Å²) in [5, 5.41) is 0. The molecule has 3 rings (SSSR count). The van der Waals surface area contributed by atoms with Crippen LogP contribution in [0.15, 0.2) is 36.7 Å². The number of piperidine rings is 1. The molecule has 1 aliphatic rings. The summed E-state index contributed by atoms with van der Waals surface area (Å²) in [4.78, 5) is 22.3. The molecule has 0 N–H and O–H groups in total. The number of likely N-dealkylation sites (tertiary alicyclic amines) is 1. The van der Waals surface area contributed by atoms with Crippen LogP contribution in [0.2, 0.25) is 0 Å². The van der Waals surface area contributed by atoms with Crippen LogP contribution in [0.4, 0.5) is 4.39 Å². The molecule has 0 aliphatic carbocycles. The van der Waals surface area contributed by atoms with Gasteiger partial charge in [0.15, 0.2) is 0 Å². The fourth-order valence-corrected chi connectivity index (χ4v) is 2.87. The quantitative estimate of drug-likeness (QED) is 0.833. The van der Waals surface area contributed by atoms with Gasteiger partial charge in [0.05, 0.1) is 19.3 Å². The predicted octanol–water partition coefficient (Wildman–Crippen LogP) is 2.56. The number of carbonyl (C=O) groups is 1. The minimum absolute atomic E-state index is 0.0990. The first kappa shape index (κ1) is 17.1. The second-order valence-corrected chi connectivity index (χ2v) is 5.99. The van der Waals surface area contributed by atoms with Crippen LogP contribution in [-0.4, -0.2) is 47.6 Å². The molecule has 2 heterocycles. The van der Waals surface area contributed by atoms with Crippen LogP contribution < -0.4 is 9.47 Å². The van der Waals surface area contributed by atoms with Gasteiger partial charge in [-0.15, -0.1) is 0 Å². The molecule has 0 saturated carbocycles. The highest BCUT2D eigenvalue weighted by molar-refractivity contribution is 5.93. The van der Waals surface area contributed by atoms with Crippen LogP contribution >= 0.6 is 0 Å². The van der Waals surface area contributed by atoms with Gasteiger partial charge in [-0.25, -0.2) is 14.4 Å². The lowest BCUT2D eigenvalue weighted by molar-refractivity contribution is 0.0632. The van der Waals surface area contributed by atoms with Crippen LogP contribution in [0.1, 0.15) is 23.2 Å². The van der Waals surface area contributed by atoms with E-state index >= 15 is 0 Å². The molecule has 1 aromatic carbocycles. The largest absolute Gasteiger partial charge is 0.493 e. The summed E-state index contributed by atoms with van der Waals surface area (Å²) in [6.07, 6.45) is 4.82. The standard InChI is InChI=1S/C18H20FN3O3/c1-24-18-20-9-14(10-21-18)17(23)22-7-3-4-13(11-22)12-25-16-6-2-5-15(19)8-16/h2,5-6,8-10,13H,3-4,7,11-12H2,1H3. The minimum Gasteiger partial charge on any atom is -0.493 e. The average Bonchev–Trinajstić information content (AvgIpc) is 2.66. The second-order valence-electron chi connectivity index (χ2n) is 5.99. The van der Waals surface area contributed by atoms with Crippen molar-refractivity contribution in [2.75, 3.05) is 26.8 Å². The summed E-state index contributed by atoms with van der Waals surface area (Å²) in [7, 11) is 1.48. The topological polar surface area (TPSA) is 64.5 Å². The zero-order chi connectivity index (χ0) is 17.6. The normalized spacial score (nSPS) is 17.2. The first-order chi connectivity index (χ1) is 12.2. The molecule has 25 heavy (non-hydrogen) atoms. The van der Waals surface area contributed by atoms with Crippen molar-refractivity contribution in [3.8, 4) is 11.8 Å². The predicted molar refractivity (Wildman–Crippen MR) is 89.1 cm³/mol. The molecule has 1 aliphatic heterocycles. The Balaban J connectivity index is 1.57. The van der Waals surface area contributed by atoms with Crippen molar-refractivity contribution in [2.24, 2.45) is 5.92 Å². The number of hydrogen-bond donors (Lipinski definition) is 0. The number of rotatable bonds is 5. The van der Waals surface area contributed by atoms with Crippen molar-refractivity contribution < 1.29 is 18.7 Å². The number of methoxy groups -OCH3 is 1. The SMILES string of the molecule is COc1ncc(C(=O)N2CCCC(COc3cccc(F)c3)C2)cn1. The monoisotopic (exact) mass is 345 g/mol. The molecular formula is C18H20FN3O3. The molecular weight excluding hydrogens is 325 g/mol. The Morgan fingerprint density at radius 2 is 2.16 bits per heavy atom. The first-order valence-corrected chi connectivity index (χ1v) is 8.19. The second kappa shape index (κ2) is 7.92. The lowest BCUT2D eigenvalue weighted by atomic mass is 9.98. The Hall–Kier alpha value is -2.70. The third kappa shape index (κ3) is 4.43. The van der Waals surface area contributed by atoms with Gasteiger partial charge < -0.3 is 14.4 Å². The minimum atomic E-state index is -0.322. The summed E-state index contributed by atoms with van der Waals surface area (Å²) in [5.41, 5.74) is 0.437. The van der Waals surface area contributed by atoms with Gasteiger partial charge in [0.25, 0.3) is 5.91 Å². The van der Waals surface area contributed by atoms with Crippen LogP contribution in [-0.2, 0) is 0 Å². The zero-order valence-electron chi connectivity index (χ0n) is 14.0. The van der Waals surface area contributed by atoms with Crippen molar-refractivity contribution in [2.45, 2.75) is 12.8 Å². The van der Waals surface area contributed by atoms with Crippen LogP contribution in [0, 0.1) is 11.7 Å². The van der Waals surface area contributed by atoms with E-state index in [1.54, 1.807) is 17.0 Å². The van der Waals surface area contributed by atoms with Crippen molar-refractivity contribution in [3.05, 3.63) is 48.0 Å². The van der Waals surface area contributed by atoms with E-state index in [2.05, 4.69) is 9.97 Å². The van der Waals surface area contributed by atoms with E-state index < -0.39 is 0 Å². The Labute approximate surface area is 145 Å². The first-order valence-electron chi connectivity index (χ1n) is 8.19. The summed E-state index contributed by atoms with van der Waals surface area (Å²) >= 11 is 0. The third-order valence-corrected chi connectivity index (χ3v) is 4.15. The molecule has 0 radical (unpaired) electrons. The maximum atomic E-state index is 13.2. The highest BCUT2D eigenvalue weighted by Gasteiger charge is 2.25. The summed E-state index contributed by atoms with van der Waals surface area (Å²) in [5.74, 6) is 0.294. The molecule has 0 bridgehead atoms. The number of nitrogens with zero attached hydrogens (tertiary/aromatic N) is 3. The molecule has 7 heteroatoms. The summed E-state index contributed by atoms with van der Waals surface area (Å²) in [6.45, 7) is 1.74. The number of carbonyl (C=O) groups excluding carboxylic acids is 1. The van der Waals surface area contributed by atoms with E-state index in [1.807, 2.05) is 0 Å². The molecule has 1 saturated heterocycles. The fraction of sp³-hybridized carbons (Fsp3) is 0.389. The number of hydrogen-bond acceptors (Lipinski definition) is 5. The van der Waals surface area contributed by atoms with Gasteiger partial charge in [0.2, 0.25) is 0 Å². The highest BCUT2D eigenvalue weighted by Crippen LogP contribution is 2.21.